The van der Waals surface area contributed by atoms with Gasteiger partial charge in [0.05, 0.1) is 39.9 Å². The molecule has 0 saturated carbocycles. The topological polar surface area (TPSA) is 128 Å². The van der Waals surface area contributed by atoms with Gasteiger partial charge in [-0.3, -0.25) is 9.36 Å². The predicted molar refractivity (Wildman–Crippen MR) is 207 cm³/mol. The predicted octanol–water partition coefficient (Wildman–Crippen LogP) is 9.36. The Hall–Kier alpha value is -0.540. The third kappa shape index (κ3) is 33.3. The van der Waals surface area contributed by atoms with E-state index in [4.69, 9.17) is 9.05 Å². The number of amides is 1. The number of carbonyl (C=O) groups is 1. The molecular formula is C40H83N2O7P. The maximum atomic E-state index is 12.8. The van der Waals surface area contributed by atoms with Gasteiger partial charge < -0.3 is 34.0 Å². The highest BCUT2D eigenvalue weighted by molar-refractivity contribution is 7.45. The van der Waals surface area contributed by atoms with Gasteiger partial charge >= 0.3 is 0 Å². The molecule has 0 aromatic carbocycles. The Morgan fingerprint density at radius 3 is 1.42 bits per heavy atom. The van der Waals surface area contributed by atoms with E-state index in [0.29, 0.717) is 17.4 Å². The minimum absolute atomic E-state index is 0.0371. The van der Waals surface area contributed by atoms with Crippen LogP contribution in [0.25, 0.3) is 0 Å². The fourth-order valence-corrected chi connectivity index (χ4v) is 6.98. The Kier molecular flexibility index (Phi) is 32.7. The zero-order chi connectivity index (χ0) is 37.4. The molecular weight excluding hydrogens is 651 g/mol. The van der Waals surface area contributed by atoms with Gasteiger partial charge in [0.25, 0.3) is 7.82 Å². The SMILES string of the molecule is CCCCCCCCCCCCCCCCC(=O)NC(COP(=O)([O-])OCC[N+](C)(C)C)C(O)C(O)CCCCCCCCCCCCCC. The number of aliphatic hydroxyl groups excluding tert-OH is 2. The molecule has 0 aliphatic carbocycles. The fraction of sp³-hybridized carbons (Fsp3) is 0.975. The smallest absolute Gasteiger partial charge is 0.268 e. The Labute approximate surface area is 309 Å². The van der Waals surface area contributed by atoms with Crippen molar-refractivity contribution in [1.82, 2.24) is 5.32 Å². The molecule has 300 valence electrons. The second-order valence-corrected chi connectivity index (χ2v) is 17.3. The number of unbranched alkanes of at least 4 members (excludes halogenated alkanes) is 24. The Bertz CT molecular complexity index is 811. The van der Waals surface area contributed by atoms with E-state index in [9.17, 15) is 24.5 Å². The number of aliphatic hydroxyl groups is 2. The normalized spacial score (nSPS) is 15.1. The first kappa shape index (κ1) is 49.5. The van der Waals surface area contributed by atoms with Gasteiger partial charge in [0.2, 0.25) is 5.91 Å². The average Bonchev–Trinajstić information content (AvgIpc) is 3.06. The van der Waals surface area contributed by atoms with E-state index in [0.717, 1.165) is 38.5 Å². The number of carbonyl (C=O) groups excluding carboxylic acids is 1. The third-order valence-corrected chi connectivity index (χ3v) is 10.7. The largest absolute Gasteiger partial charge is 0.756 e. The van der Waals surface area contributed by atoms with Crippen molar-refractivity contribution in [3.05, 3.63) is 0 Å². The van der Waals surface area contributed by atoms with Crippen molar-refractivity contribution in [2.45, 2.75) is 212 Å². The van der Waals surface area contributed by atoms with Gasteiger partial charge in [0.1, 0.15) is 19.3 Å². The van der Waals surface area contributed by atoms with Crippen molar-refractivity contribution in [2.24, 2.45) is 0 Å². The first-order chi connectivity index (χ1) is 23.9. The van der Waals surface area contributed by atoms with E-state index in [1.807, 2.05) is 21.1 Å². The van der Waals surface area contributed by atoms with Crippen LogP contribution in [0.2, 0.25) is 0 Å². The van der Waals surface area contributed by atoms with Gasteiger partial charge in [-0.2, -0.15) is 0 Å². The van der Waals surface area contributed by atoms with Crippen LogP contribution in [0.4, 0.5) is 0 Å². The van der Waals surface area contributed by atoms with E-state index < -0.39 is 32.7 Å². The standard InChI is InChI=1S/C40H83N2O7P/c1-6-8-10-12-14-16-18-20-21-23-25-27-29-31-33-39(44)41-37(36-49-50(46,47)48-35-34-42(3,4)5)40(45)38(43)32-30-28-26-24-22-19-17-15-13-11-9-7-2/h37-38,40,43,45H,6-36H2,1-5H3,(H-,41,44,46,47). The van der Waals surface area contributed by atoms with Crippen LogP contribution >= 0.6 is 7.82 Å². The average molecular weight is 735 g/mol. The minimum atomic E-state index is -4.65. The minimum Gasteiger partial charge on any atom is -0.756 e. The van der Waals surface area contributed by atoms with Crippen LogP contribution in [0.3, 0.4) is 0 Å². The summed E-state index contributed by atoms with van der Waals surface area (Å²) in [5.41, 5.74) is 0. The quantitative estimate of drug-likeness (QED) is 0.0328. The lowest BCUT2D eigenvalue weighted by atomic mass is 9.99. The summed E-state index contributed by atoms with van der Waals surface area (Å²) < 4.78 is 23.1. The second-order valence-electron chi connectivity index (χ2n) is 15.8. The summed E-state index contributed by atoms with van der Waals surface area (Å²) in [5.74, 6) is -0.277. The van der Waals surface area contributed by atoms with Crippen molar-refractivity contribution in [3.8, 4) is 0 Å². The van der Waals surface area contributed by atoms with Crippen LogP contribution in [-0.4, -0.2) is 79.8 Å². The van der Waals surface area contributed by atoms with Crippen molar-refractivity contribution in [3.63, 3.8) is 0 Å². The summed E-state index contributed by atoms with van der Waals surface area (Å²) in [6.07, 6.45) is 29.8. The van der Waals surface area contributed by atoms with E-state index in [-0.39, 0.29) is 18.9 Å². The van der Waals surface area contributed by atoms with Crippen molar-refractivity contribution < 1.29 is 38.0 Å². The Morgan fingerprint density at radius 2 is 1.02 bits per heavy atom. The molecule has 0 aromatic heterocycles. The molecule has 0 aliphatic heterocycles. The van der Waals surface area contributed by atoms with E-state index in [2.05, 4.69) is 19.2 Å². The van der Waals surface area contributed by atoms with Crippen molar-refractivity contribution in [1.29, 1.82) is 0 Å². The lowest BCUT2D eigenvalue weighted by Crippen LogP contribution is -2.51. The van der Waals surface area contributed by atoms with E-state index in [1.54, 1.807) is 0 Å². The highest BCUT2D eigenvalue weighted by Crippen LogP contribution is 2.38. The van der Waals surface area contributed by atoms with Gasteiger partial charge in [-0.25, -0.2) is 0 Å². The molecule has 10 heteroatoms. The number of phosphoric acid groups is 1. The molecule has 50 heavy (non-hydrogen) atoms. The molecule has 0 aromatic rings. The monoisotopic (exact) mass is 735 g/mol. The maximum Gasteiger partial charge on any atom is 0.268 e. The molecule has 0 radical (unpaired) electrons. The molecule has 0 heterocycles. The number of rotatable bonds is 38. The molecule has 1 amide bonds. The molecule has 0 fully saturated rings. The van der Waals surface area contributed by atoms with Crippen LogP contribution in [0.5, 0.6) is 0 Å². The highest BCUT2D eigenvalue weighted by atomic mass is 31.2. The second kappa shape index (κ2) is 33.1. The first-order valence-corrected chi connectivity index (χ1v) is 22.4. The van der Waals surface area contributed by atoms with Gasteiger partial charge in [-0.15, -0.1) is 0 Å². The summed E-state index contributed by atoms with van der Waals surface area (Å²) in [5, 5.41) is 24.5. The molecule has 0 bridgehead atoms. The maximum absolute atomic E-state index is 12.8. The number of hydrogen-bond donors (Lipinski definition) is 3. The Balaban J connectivity index is 4.53. The molecule has 0 saturated heterocycles. The third-order valence-electron chi connectivity index (χ3n) is 9.69. The number of hydrogen-bond acceptors (Lipinski definition) is 7. The summed E-state index contributed by atoms with van der Waals surface area (Å²) in [4.78, 5) is 25.3. The molecule has 4 unspecified atom stereocenters. The zero-order valence-electron chi connectivity index (χ0n) is 33.5. The summed E-state index contributed by atoms with van der Waals surface area (Å²) in [7, 11) is 1.13. The van der Waals surface area contributed by atoms with Gasteiger partial charge in [0, 0.05) is 6.42 Å². The Morgan fingerprint density at radius 1 is 0.640 bits per heavy atom. The molecule has 3 N–H and O–H groups in total. The number of phosphoric ester groups is 1. The van der Waals surface area contributed by atoms with Crippen LogP contribution < -0.4 is 10.2 Å². The number of nitrogens with zero attached hydrogens (tertiary/aromatic N) is 1. The zero-order valence-corrected chi connectivity index (χ0v) is 34.4. The molecule has 0 rings (SSSR count). The number of quaternary nitrogens is 1. The van der Waals surface area contributed by atoms with Crippen molar-refractivity contribution in [2.75, 3.05) is 40.9 Å². The van der Waals surface area contributed by atoms with Crippen LogP contribution in [0, 0.1) is 0 Å². The van der Waals surface area contributed by atoms with E-state index in [1.165, 1.54) is 128 Å². The summed E-state index contributed by atoms with van der Waals surface area (Å²) >= 11 is 0. The molecule has 0 aliphatic rings. The summed E-state index contributed by atoms with van der Waals surface area (Å²) in [6, 6.07) is -1.06. The van der Waals surface area contributed by atoms with Crippen molar-refractivity contribution >= 4 is 13.7 Å². The number of nitrogens with one attached hydrogen (secondary N) is 1. The first-order valence-electron chi connectivity index (χ1n) is 21.0. The van der Waals surface area contributed by atoms with Gasteiger partial charge in [-0.05, 0) is 12.8 Å². The fourth-order valence-electron chi connectivity index (χ4n) is 6.25. The van der Waals surface area contributed by atoms with Crippen LogP contribution in [0.15, 0.2) is 0 Å². The molecule has 0 spiro atoms. The highest BCUT2D eigenvalue weighted by Gasteiger charge is 2.29. The summed E-state index contributed by atoms with van der Waals surface area (Å²) in [6.45, 7) is 4.43. The van der Waals surface area contributed by atoms with Gasteiger partial charge in [-0.1, -0.05) is 174 Å². The molecule has 4 atom stereocenters. The number of likely N-dealkylation sites (N-methyl/N-ethyl adjacent to an activating group) is 1. The lowest BCUT2D eigenvalue weighted by Gasteiger charge is -2.31. The van der Waals surface area contributed by atoms with Crippen LogP contribution in [0.1, 0.15) is 194 Å². The lowest BCUT2D eigenvalue weighted by molar-refractivity contribution is -0.870. The molecule has 9 nitrogen and oxygen atoms in total. The van der Waals surface area contributed by atoms with E-state index >= 15 is 0 Å². The van der Waals surface area contributed by atoms with Crippen LogP contribution in [-0.2, 0) is 18.4 Å². The van der Waals surface area contributed by atoms with Gasteiger partial charge in [0.15, 0.2) is 0 Å².